The molecular weight excluding hydrogens is 558 g/mol. The molecule has 1 amide bonds. The van der Waals surface area contributed by atoms with Crippen molar-refractivity contribution in [1.29, 1.82) is 5.26 Å². The summed E-state index contributed by atoms with van der Waals surface area (Å²) < 4.78 is 17.3. The van der Waals surface area contributed by atoms with Crippen LogP contribution in [0.5, 0.6) is 11.5 Å². The largest absolute Gasteiger partial charge is 0.494 e. The summed E-state index contributed by atoms with van der Waals surface area (Å²) >= 11 is 0. The topological polar surface area (TPSA) is 125 Å². The zero-order valence-electron chi connectivity index (χ0n) is 25.7. The summed E-state index contributed by atoms with van der Waals surface area (Å²) in [4.78, 5) is 25.2. The van der Waals surface area contributed by atoms with Gasteiger partial charge in [0.1, 0.15) is 17.6 Å². The highest BCUT2D eigenvalue weighted by Gasteiger charge is 2.26. The van der Waals surface area contributed by atoms with Crippen LogP contribution in [0.2, 0.25) is 0 Å². The summed E-state index contributed by atoms with van der Waals surface area (Å²) in [5.74, 6) is 1.58. The maximum absolute atomic E-state index is 11.1. The number of aromatic nitrogens is 2. The SMILES string of the molecule is COc1cc(N2CCC(N3CCOCC3)CC2)ccc1Nc1ncc(-c2ccc(C#N)c(OC(C)CCNC(C)=O)c2)cn1. The van der Waals surface area contributed by atoms with Crippen LogP contribution in [0, 0.1) is 11.3 Å². The Morgan fingerprint density at radius 3 is 2.50 bits per heavy atom. The van der Waals surface area contributed by atoms with E-state index in [0.717, 1.165) is 80.5 Å². The molecule has 0 saturated carbocycles. The first-order chi connectivity index (χ1) is 21.4. The molecule has 2 fully saturated rings. The highest BCUT2D eigenvalue weighted by molar-refractivity contribution is 5.72. The number of methoxy groups -OCH3 is 1. The van der Waals surface area contributed by atoms with Crippen molar-refractivity contribution >= 4 is 23.2 Å². The molecule has 2 aliphatic heterocycles. The van der Waals surface area contributed by atoms with E-state index >= 15 is 0 Å². The Bertz CT molecular complexity index is 1450. The predicted octanol–water partition coefficient (Wildman–Crippen LogP) is 4.36. The van der Waals surface area contributed by atoms with Gasteiger partial charge in [-0.3, -0.25) is 9.69 Å². The lowest BCUT2D eigenvalue weighted by Crippen LogP contribution is -2.49. The van der Waals surface area contributed by atoms with E-state index in [1.807, 2.05) is 25.1 Å². The fraction of sp³-hybridized carbons (Fsp3) is 0.455. The lowest BCUT2D eigenvalue weighted by molar-refractivity contribution is -0.119. The molecule has 11 heteroatoms. The number of piperidine rings is 1. The summed E-state index contributed by atoms with van der Waals surface area (Å²) in [6.45, 7) is 9.67. The zero-order valence-corrected chi connectivity index (χ0v) is 25.7. The number of rotatable bonds is 11. The number of nitrogens with one attached hydrogen (secondary N) is 2. The molecule has 3 heterocycles. The monoisotopic (exact) mass is 599 g/mol. The molecule has 1 aromatic heterocycles. The van der Waals surface area contributed by atoms with Crippen molar-refractivity contribution in [3.05, 3.63) is 54.4 Å². The Labute approximate surface area is 259 Å². The number of morpholine rings is 1. The standard InChI is InChI=1S/C33H41N7O4/c1-23(8-11-35-24(2)41)44-31-18-25(4-5-26(31)20-34)27-21-36-33(37-22-27)38-30-7-6-29(19-32(30)42-3)39-12-9-28(10-13-39)40-14-16-43-17-15-40/h4-7,18-19,21-23,28H,8-17H2,1-3H3,(H,35,41)(H,36,37,38). The van der Waals surface area contributed by atoms with E-state index in [1.165, 1.54) is 6.92 Å². The first-order valence-corrected chi connectivity index (χ1v) is 15.2. The van der Waals surface area contributed by atoms with Gasteiger partial charge in [0, 0.05) is 81.8 Å². The summed E-state index contributed by atoms with van der Waals surface area (Å²) in [5.41, 5.74) is 4.00. The average Bonchev–Trinajstić information content (AvgIpc) is 3.05. The number of nitriles is 1. The molecule has 2 aliphatic rings. The molecule has 0 aliphatic carbocycles. The smallest absolute Gasteiger partial charge is 0.227 e. The number of hydrogen-bond acceptors (Lipinski definition) is 10. The molecule has 44 heavy (non-hydrogen) atoms. The molecule has 1 unspecified atom stereocenters. The Hall–Kier alpha value is -4.40. The van der Waals surface area contributed by atoms with Gasteiger partial charge >= 0.3 is 0 Å². The van der Waals surface area contributed by atoms with Crippen molar-refractivity contribution in [2.24, 2.45) is 0 Å². The second-order valence-corrected chi connectivity index (χ2v) is 11.2. The summed E-state index contributed by atoms with van der Waals surface area (Å²) in [6.07, 6.45) is 6.20. The second kappa shape index (κ2) is 14.9. The lowest BCUT2D eigenvalue weighted by Gasteiger charge is -2.40. The van der Waals surface area contributed by atoms with Gasteiger partial charge in [0.25, 0.3) is 0 Å². The Morgan fingerprint density at radius 2 is 1.82 bits per heavy atom. The molecule has 11 nitrogen and oxygen atoms in total. The number of ether oxygens (including phenoxy) is 3. The molecule has 0 radical (unpaired) electrons. The van der Waals surface area contributed by atoms with E-state index < -0.39 is 0 Å². The minimum atomic E-state index is -0.185. The van der Waals surface area contributed by atoms with Gasteiger partial charge in [0.05, 0.1) is 37.7 Å². The third kappa shape index (κ3) is 7.95. The first-order valence-electron chi connectivity index (χ1n) is 15.2. The highest BCUT2D eigenvalue weighted by atomic mass is 16.5. The van der Waals surface area contributed by atoms with Crippen LogP contribution in [0.15, 0.2) is 48.8 Å². The minimum absolute atomic E-state index is 0.0827. The molecule has 2 saturated heterocycles. The first kappa shape index (κ1) is 31.0. The van der Waals surface area contributed by atoms with Crippen molar-refractivity contribution in [3.8, 4) is 28.7 Å². The molecule has 3 aromatic rings. The van der Waals surface area contributed by atoms with Crippen molar-refractivity contribution < 1.29 is 19.0 Å². The van der Waals surface area contributed by atoms with E-state index in [9.17, 15) is 10.1 Å². The van der Waals surface area contributed by atoms with Gasteiger partial charge in [-0.15, -0.1) is 0 Å². The minimum Gasteiger partial charge on any atom is -0.494 e. The van der Waals surface area contributed by atoms with Gasteiger partial charge in [-0.05, 0) is 49.6 Å². The molecule has 1 atom stereocenters. The number of benzene rings is 2. The maximum Gasteiger partial charge on any atom is 0.227 e. The second-order valence-electron chi connectivity index (χ2n) is 11.2. The van der Waals surface area contributed by atoms with Crippen LogP contribution in [-0.4, -0.2) is 86.0 Å². The fourth-order valence-electron chi connectivity index (χ4n) is 5.69. The van der Waals surface area contributed by atoms with Crippen molar-refractivity contribution in [2.45, 2.75) is 45.3 Å². The molecule has 0 bridgehead atoms. The Morgan fingerprint density at radius 1 is 1.07 bits per heavy atom. The van der Waals surface area contributed by atoms with E-state index in [0.29, 0.717) is 36.3 Å². The highest BCUT2D eigenvalue weighted by Crippen LogP contribution is 2.34. The average molecular weight is 600 g/mol. The van der Waals surface area contributed by atoms with Crippen LogP contribution in [-0.2, 0) is 9.53 Å². The van der Waals surface area contributed by atoms with Crippen LogP contribution >= 0.6 is 0 Å². The van der Waals surface area contributed by atoms with Crippen LogP contribution in [0.1, 0.15) is 38.7 Å². The summed E-state index contributed by atoms with van der Waals surface area (Å²) in [7, 11) is 1.67. The summed E-state index contributed by atoms with van der Waals surface area (Å²) in [6, 6.07) is 14.4. The zero-order chi connectivity index (χ0) is 30.9. The van der Waals surface area contributed by atoms with Crippen LogP contribution in [0.4, 0.5) is 17.3 Å². The number of amides is 1. The van der Waals surface area contributed by atoms with E-state index in [1.54, 1.807) is 25.6 Å². The number of carbonyl (C=O) groups excluding carboxylic acids is 1. The van der Waals surface area contributed by atoms with Gasteiger partial charge in [0.15, 0.2) is 0 Å². The predicted molar refractivity (Wildman–Crippen MR) is 169 cm³/mol. The normalized spacial score (nSPS) is 16.5. The summed E-state index contributed by atoms with van der Waals surface area (Å²) in [5, 5.41) is 15.6. The van der Waals surface area contributed by atoms with Crippen molar-refractivity contribution in [1.82, 2.24) is 20.2 Å². The quantitative estimate of drug-likeness (QED) is 0.328. The van der Waals surface area contributed by atoms with Crippen LogP contribution in [0.25, 0.3) is 11.1 Å². The molecule has 232 valence electrons. The molecule has 5 rings (SSSR count). The molecular formula is C33H41N7O4. The van der Waals surface area contributed by atoms with E-state index in [2.05, 4.69) is 48.6 Å². The van der Waals surface area contributed by atoms with Gasteiger partial charge in [0.2, 0.25) is 11.9 Å². The molecule has 0 spiro atoms. The van der Waals surface area contributed by atoms with Gasteiger partial charge in [-0.1, -0.05) is 6.07 Å². The third-order valence-electron chi connectivity index (χ3n) is 8.16. The number of nitrogens with zero attached hydrogens (tertiary/aromatic N) is 5. The van der Waals surface area contributed by atoms with Gasteiger partial charge in [-0.2, -0.15) is 5.26 Å². The van der Waals surface area contributed by atoms with E-state index in [-0.39, 0.29) is 12.0 Å². The third-order valence-corrected chi connectivity index (χ3v) is 8.16. The van der Waals surface area contributed by atoms with Gasteiger partial charge < -0.3 is 29.7 Å². The van der Waals surface area contributed by atoms with Crippen LogP contribution in [0.3, 0.4) is 0 Å². The Balaban J connectivity index is 1.21. The Kier molecular flexibility index (Phi) is 10.5. The van der Waals surface area contributed by atoms with Crippen molar-refractivity contribution in [3.63, 3.8) is 0 Å². The molecule has 2 N–H and O–H groups in total. The van der Waals surface area contributed by atoms with Crippen molar-refractivity contribution in [2.75, 3.05) is 63.3 Å². The number of anilines is 3. The lowest BCUT2D eigenvalue weighted by atomic mass is 10.0. The van der Waals surface area contributed by atoms with Gasteiger partial charge in [-0.25, -0.2) is 9.97 Å². The fourth-order valence-corrected chi connectivity index (χ4v) is 5.69. The molecule has 2 aromatic carbocycles. The number of hydrogen-bond donors (Lipinski definition) is 2. The maximum atomic E-state index is 11.1. The number of carbonyl (C=O) groups is 1. The van der Waals surface area contributed by atoms with Crippen LogP contribution < -0.4 is 25.0 Å². The van der Waals surface area contributed by atoms with E-state index in [4.69, 9.17) is 14.2 Å².